The molecule has 0 aromatic heterocycles. The van der Waals surface area contributed by atoms with Crippen LogP contribution in [0.2, 0.25) is 0 Å². The fraction of sp³-hybridized carbons (Fsp3) is 0.939. The van der Waals surface area contributed by atoms with Crippen molar-refractivity contribution in [3.8, 4) is 0 Å². The van der Waals surface area contributed by atoms with E-state index in [9.17, 15) is 9.59 Å². The maximum absolute atomic E-state index is 12.7. The molecule has 39 heavy (non-hydrogen) atoms. The molecule has 0 aromatic rings. The van der Waals surface area contributed by atoms with E-state index in [1.807, 2.05) is 0 Å². The first-order valence-corrected chi connectivity index (χ1v) is 16.6. The fourth-order valence-electron chi connectivity index (χ4n) is 6.21. The Morgan fingerprint density at radius 1 is 0.667 bits per heavy atom. The van der Waals surface area contributed by atoms with Crippen LogP contribution in [0.15, 0.2) is 0 Å². The van der Waals surface area contributed by atoms with Gasteiger partial charge in [0.25, 0.3) is 0 Å². The number of rotatable bonds is 23. The number of amides is 2. The van der Waals surface area contributed by atoms with Gasteiger partial charge in [0.1, 0.15) is 0 Å². The summed E-state index contributed by atoms with van der Waals surface area (Å²) in [5.41, 5.74) is -0.345. The van der Waals surface area contributed by atoms with Crippen LogP contribution in [0.25, 0.3) is 0 Å². The molecule has 6 nitrogen and oxygen atoms in total. The van der Waals surface area contributed by atoms with Gasteiger partial charge in [0.2, 0.25) is 11.8 Å². The predicted octanol–water partition coefficient (Wildman–Crippen LogP) is 8.23. The van der Waals surface area contributed by atoms with Crippen LogP contribution in [0.3, 0.4) is 0 Å². The number of hydrogen-bond acceptors (Lipinski definition) is 4. The van der Waals surface area contributed by atoms with Gasteiger partial charge in [0.15, 0.2) is 0 Å². The topological polar surface area (TPSA) is 70.7 Å². The molecule has 1 heterocycles. The van der Waals surface area contributed by atoms with Crippen molar-refractivity contribution in [3.05, 3.63) is 0 Å². The number of unbranched alkanes of at least 4 members (excludes halogenated alkanes) is 14. The van der Waals surface area contributed by atoms with Crippen molar-refractivity contribution in [1.82, 2.24) is 15.7 Å². The van der Waals surface area contributed by atoms with Crippen LogP contribution in [0.5, 0.6) is 0 Å². The van der Waals surface area contributed by atoms with Gasteiger partial charge < -0.3 is 10.6 Å². The van der Waals surface area contributed by atoms with E-state index in [4.69, 9.17) is 4.84 Å². The first kappa shape index (κ1) is 35.9. The van der Waals surface area contributed by atoms with Crippen LogP contribution in [0, 0.1) is 0 Å². The van der Waals surface area contributed by atoms with Gasteiger partial charge in [-0.1, -0.05) is 104 Å². The van der Waals surface area contributed by atoms with Crippen LogP contribution < -0.4 is 10.6 Å². The van der Waals surface area contributed by atoms with Crippen LogP contribution in [-0.4, -0.2) is 47.1 Å². The second-order valence-electron chi connectivity index (χ2n) is 13.2. The molecule has 0 atom stereocenters. The molecule has 0 spiro atoms. The quantitative estimate of drug-likeness (QED) is 0.125. The zero-order valence-corrected chi connectivity index (χ0v) is 26.8. The predicted molar refractivity (Wildman–Crippen MR) is 165 cm³/mol. The molecule has 0 aromatic carbocycles. The second kappa shape index (κ2) is 20.7. The summed E-state index contributed by atoms with van der Waals surface area (Å²) in [7, 11) is 0. The van der Waals surface area contributed by atoms with E-state index < -0.39 is 0 Å². The van der Waals surface area contributed by atoms with Crippen LogP contribution in [0.4, 0.5) is 0 Å². The number of nitrogens with zero attached hydrogens (tertiary/aromatic N) is 1. The summed E-state index contributed by atoms with van der Waals surface area (Å²) < 4.78 is 0. The number of hydroxylamine groups is 2. The van der Waals surface area contributed by atoms with E-state index in [1.54, 1.807) is 0 Å². The zero-order valence-electron chi connectivity index (χ0n) is 26.8. The molecule has 2 amide bonds. The van der Waals surface area contributed by atoms with E-state index in [0.29, 0.717) is 0 Å². The molecule has 0 saturated carbocycles. The minimum Gasteiger partial charge on any atom is -0.356 e. The monoisotopic (exact) mass is 552 g/mol. The fourth-order valence-corrected chi connectivity index (χ4v) is 6.21. The summed E-state index contributed by atoms with van der Waals surface area (Å²) >= 11 is 0. The number of carbonyl (C=O) groups is 2. The molecule has 0 bridgehead atoms. The molecule has 1 aliphatic heterocycles. The van der Waals surface area contributed by atoms with E-state index in [1.165, 1.54) is 89.9 Å². The largest absolute Gasteiger partial charge is 0.356 e. The highest BCUT2D eigenvalue weighted by atomic mass is 16.7. The summed E-state index contributed by atoms with van der Waals surface area (Å²) in [5.74, 6) is -0.0400. The van der Waals surface area contributed by atoms with Crippen LogP contribution in [-0.2, 0) is 14.4 Å². The zero-order chi connectivity index (χ0) is 29.0. The van der Waals surface area contributed by atoms with Crippen molar-refractivity contribution in [2.24, 2.45) is 0 Å². The molecule has 0 aliphatic carbocycles. The molecule has 1 saturated heterocycles. The van der Waals surface area contributed by atoms with E-state index in [2.05, 4.69) is 57.2 Å². The van der Waals surface area contributed by atoms with Gasteiger partial charge in [-0.15, -0.1) is 0 Å². The van der Waals surface area contributed by atoms with Gasteiger partial charge in [-0.2, -0.15) is 5.06 Å². The molecule has 1 aliphatic rings. The molecular formula is C33H65N3O3. The lowest BCUT2D eigenvalue weighted by molar-refractivity contribution is -0.284. The minimum absolute atomic E-state index is 0.0142. The molecule has 0 unspecified atom stereocenters. The van der Waals surface area contributed by atoms with Crippen molar-refractivity contribution < 1.29 is 14.4 Å². The maximum atomic E-state index is 12.7. The second-order valence-corrected chi connectivity index (χ2v) is 13.2. The maximum Gasteiger partial charge on any atom is 0.220 e. The molecule has 230 valence electrons. The van der Waals surface area contributed by atoms with Crippen molar-refractivity contribution >= 4 is 11.8 Å². The van der Waals surface area contributed by atoms with Crippen molar-refractivity contribution in [3.63, 3.8) is 0 Å². The Hall–Kier alpha value is -1.14. The average molecular weight is 552 g/mol. The third-order valence-corrected chi connectivity index (χ3v) is 8.11. The standard InChI is InChI=1S/C33H65N3O3/c1-7-9-11-13-15-16-17-18-19-21-25-34-30(37)23-24-31(38)35-29-27-32(3,4)36(33(5,6)28-29)39-26-22-20-14-12-10-8-2/h29H,7-28H2,1-6H3,(H,34,37)(H,35,38). The Morgan fingerprint density at radius 2 is 1.10 bits per heavy atom. The summed E-state index contributed by atoms with van der Waals surface area (Å²) in [5, 5.41) is 8.38. The summed E-state index contributed by atoms with van der Waals surface area (Å²) in [4.78, 5) is 31.2. The lowest BCUT2D eigenvalue weighted by Crippen LogP contribution is -2.64. The molecule has 1 fully saturated rings. The summed E-state index contributed by atoms with van der Waals surface area (Å²) in [6.07, 6.45) is 22.6. The minimum atomic E-state index is -0.172. The highest BCUT2D eigenvalue weighted by Crippen LogP contribution is 2.38. The van der Waals surface area contributed by atoms with Crippen molar-refractivity contribution in [2.45, 2.75) is 187 Å². The Kier molecular flexibility index (Phi) is 19.0. The van der Waals surface area contributed by atoms with Gasteiger partial charge in [-0.3, -0.25) is 14.4 Å². The van der Waals surface area contributed by atoms with Gasteiger partial charge in [-0.05, 0) is 53.4 Å². The van der Waals surface area contributed by atoms with E-state index >= 15 is 0 Å². The SMILES string of the molecule is CCCCCCCCCCCCNC(=O)CCC(=O)NC1CC(C)(C)N(OCCCCCCCC)C(C)(C)C1. The molecule has 6 heteroatoms. The Morgan fingerprint density at radius 3 is 1.62 bits per heavy atom. The molecular weight excluding hydrogens is 486 g/mol. The molecule has 1 rings (SSSR count). The first-order chi connectivity index (χ1) is 18.6. The number of hydrogen-bond donors (Lipinski definition) is 2. The lowest BCUT2D eigenvalue weighted by Gasteiger charge is -2.53. The van der Waals surface area contributed by atoms with E-state index in [-0.39, 0.29) is 41.8 Å². The Labute approximate surface area is 242 Å². The summed E-state index contributed by atoms with van der Waals surface area (Å²) in [6, 6.07) is 0.0890. The third kappa shape index (κ3) is 16.7. The molecule has 2 N–H and O–H groups in total. The highest BCUT2D eigenvalue weighted by Gasteiger charge is 2.46. The van der Waals surface area contributed by atoms with Crippen LogP contribution in [0.1, 0.15) is 170 Å². The highest BCUT2D eigenvalue weighted by molar-refractivity contribution is 5.83. The van der Waals surface area contributed by atoms with Gasteiger partial charge in [0.05, 0.1) is 6.61 Å². The smallest absolute Gasteiger partial charge is 0.220 e. The first-order valence-electron chi connectivity index (χ1n) is 16.6. The van der Waals surface area contributed by atoms with Gasteiger partial charge in [-0.25, -0.2) is 0 Å². The van der Waals surface area contributed by atoms with Crippen molar-refractivity contribution in [1.29, 1.82) is 0 Å². The Bertz CT molecular complexity index is 632. The average Bonchev–Trinajstić information content (AvgIpc) is 2.86. The normalized spacial score (nSPS) is 17.3. The third-order valence-electron chi connectivity index (χ3n) is 8.11. The van der Waals surface area contributed by atoms with E-state index in [0.717, 1.165) is 38.8 Å². The van der Waals surface area contributed by atoms with Gasteiger partial charge >= 0.3 is 0 Å². The molecule has 0 radical (unpaired) electrons. The van der Waals surface area contributed by atoms with Crippen LogP contribution >= 0.6 is 0 Å². The number of carbonyl (C=O) groups excluding carboxylic acids is 2. The van der Waals surface area contributed by atoms with Crippen molar-refractivity contribution in [2.75, 3.05) is 13.2 Å². The van der Waals surface area contributed by atoms with Gasteiger partial charge in [0, 0.05) is 36.5 Å². The Balaban J connectivity index is 2.20. The lowest BCUT2D eigenvalue weighted by atomic mass is 9.79. The number of nitrogens with one attached hydrogen (secondary N) is 2. The summed E-state index contributed by atoms with van der Waals surface area (Å²) in [6.45, 7) is 14.8. The number of piperidine rings is 1.